The third-order valence-electron chi connectivity index (χ3n) is 16.6. The number of fused-ring (bicyclic) bond motifs is 6. The average Bonchev–Trinajstić information content (AvgIpc) is 3.82. The van der Waals surface area contributed by atoms with Crippen LogP contribution in [-0.2, 0) is 42.3 Å². The van der Waals surface area contributed by atoms with Crippen LogP contribution in [0.15, 0.2) is 24.3 Å². The molecule has 0 aromatic carbocycles. The lowest BCUT2D eigenvalue weighted by Crippen LogP contribution is -2.61. The lowest BCUT2D eigenvalue weighted by Gasteiger charge is -2.47. The molecule has 328 valence electrons. The van der Waals surface area contributed by atoms with Crippen LogP contribution in [0.25, 0.3) is 0 Å². The Morgan fingerprint density at radius 3 is 2.26 bits per heavy atom. The summed E-state index contributed by atoms with van der Waals surface area (Å²) in [6.45, 7) is 25.5. The highest BCUT2D eigenvalue weighted by Crippen LogP contribution is 2.55. The molecule has 0 aromatic heterocycles. The number of rotatable bonds is 5. The van der Waals surface area contributed by atoms with E-state index in [1.165, 1.54) is 5.57 Å². The van der Waals surface area contributed by atoms with Crippen LogP contribution in [0.4, 0.5) is 0 Å². The minimum absolute atomic E-state index is 0.0156. The molecule has 10 rings (SSSR count). The first-order chi connectivity index (χ1) is 27.5. The molecular formula is C46H75NO10Si. The third-order valence-corrected chi connectivity index (χ3v) is 21.1. The van der Waals surface area contributed by atoms with Gasteiger partial charge in [0, 0.05) is 32.2 Å². The first kappa shape index (κ1) is 42.6. The van der Waals surface area contributed by atoms with Gasteiger partial charge in [0.25, 0.3) is 0 Å². The SMILES string of the molecule is C=C1C[C@@H]2CCC34C[C@@H]5O[C@@H]6[C@@H](O[C@H]7CCC(CC(O)CC8C(C[C@H]9O[C@@H](CCC1O2)C[C@@H](C)C9=C)O[C@H](C[C@@H](CN)O[Si](C)(C)C(C)(C)C)[C@@H]8C)O[C@@H]7[C@@H]6O3)[C@H]5O4. The van der Waals surface area contributed by atoms with E-state index in [9.17, 15) is 5.11 Å². The number of nitrogens with two attached hydrogens (primary N) is 1. The van der Waals surface area contributed by atoms with E-state index in [4.69, 9.17) is 48.1 Å². The monoisotopic (exact) mass is 830 g/mol. The lowest BCUT2D eigenvalue weighted by molar-refractivity contribution is -0.294. The van der Waals surface area contributed by atoms with Crippen LogP contribution >= 0.6 is 0 Å². The van der Waals surface area contributed by atoms with Gasteiger partial charge < -0.3 is 53.2 Å². The largest absolute Gasteiger partial charge is 0.413 e. The Labute approximate surface area is 348 Å². The van der Waals surface area contributed by atoms with Crippen LogP contribution < -0.4 is 5.73 Å². The Morgan fingerprint density at radius 2 is 1.48 bits per heavy atom. The number of hydrogen-bond acceptors (Lipinski definition) is 11. The first-order valence-corrected chi connectivity index (χ1v) is 26.1. The van der Waals surface area contributed by atoms with Gasteiger partial charge in [-0.3, -0.25) is 0 Å². The van der Waals surface area contributed by atoms with Crippen LogP contribution in [0, 0.1) is 17.8 Å². The predicted octanol–water partition coefficient (Wildman–Crippen LogP) is 6.88. The summed E-state index contributed by atoms with van der Waals surface area (Å²) >= 11 is 0. The van der Waals surface area contributed by atoms with E-state index in [1.807, 2.05) is 0 Å². The third kappa shape index (κ3) is 8.04. The quantitative estimate of drug-likeness (QED) is 0.222. The molecule has 6 unspecified atom stereocenters. The summed E-state index contributed by atoms with van der Waals surface area (Å²) in [6.07, 6.45) is 8.19. The molecule has 0 saturated carbocycles. The van der Waals surface area contributed by atoms with E-state index < -0.39 is 20.2 Å². The normalized spacial score (nSPS) is 50.1. The summed E-state index contributed by atoms with van der Waals surface area (Å²) in [4.78, 5) is 0. The van der Waals surface area contributed by atoms with Crippen LogP contribution in [-0.4, -0.2) is 123 Å². The average molecular weight is 830 g/mol. The van der Waals surface area contributed by atoms with Crippen LogP contribution in [0.5, 0.6) is 0 Å². The van der Waals surface area contributed by atoms with Crippen molar-refractivity contribution in [2.24, 2.45) is 23.5 Å². The van der Waals surface area contributed by atoms with Gasteiger partial charge in [0.1, 0.15) is 30.5 Å². The maximum absolute atomic E-state index is 12.0. The molecule has 0 amide bonds. The van der Waals surface area contributed by atoms with Gasteiger partial charge in [-0.05, 0) is 105 Å². The number of aliphatic hydroxyl groups excluding tert-OH is 1. The zero-order valence-electron chi connectivity index (χ0n) is 36.5. The van der Waals surface area contributed by atoms with Crippen LogP contribution in [0.3, 0.4) is 0 Å². The van der Waals surface area contributed by atoms with Crippen LogP contribution in [0.2, 0.25) is 18.1 Å². The zero-order chi connectivity index (χ0) is 40.9. The van der Waals surface area contributed by atoms with Crippen molar-refractivity contribution < 1.29 is 47.4 Å². The molecule has 10 heterocycles. The van der Waals surface area contributed by atoms with Crippen molar-refractivity contribution >= 4 is 8.32 Å². The topological polar surface area (TPSA) is 129 Å². The number of aliphatic hydroxyl groups is 1. The van der Waals surface area contributed by atoms with Gasteiger partial charge in [-0.15, -0.1) is 0 Å². The second-order valence-corrected chi connectivity index (χ2v) is 26.4. The standard InChI is InChI=1S/C46H75NO10Si/c1-24-16-29-10-12-34-25(2)17-31(49-34)14-15-46-22-39-41(55-46)42-43(54-39)44(56-46)40-35(53-42)13-11-30(51-40)18-28(48)19-33-27(4)36(52-38(33)21-37(50-29)26(24)3)20-32(23-47)57-58(8,9)45(5,6)7/h24,27-44,48H,2-3,10-23,47H2,1,4-9H3/t24-,27-,28?,29+,30?,31+,32+,33?,34?,35+,36-,37-,38?,39+,40+,41+,42+,43-,44+,46?/m1/s1. The van der Waals surface area contributed by atoms with Crippen molar-refractivity contribution in [2.75, 3.05) is 6.54 Å². The Hall–Kier alpha value is -0.743. The highest BCUT2D eigenvalue weighted by molar-refractivity contribution is 6.74. The first-order valence-electron chi connectivity index (χ1n) is 23.2. The smallest absolute Gasteiger partial charge is 0.192 e. The van der Waals surface area contributed by atoms with E-state index in [1.54, 1.807) is 0 Å². The Morgan fingerprint density at radius 1 is 0.776 bits per heavy atom. The molecule has 10 saturated heterocycles. The van der Waals surface area contributed by atoms with Crippen molar-refractivity contribution in [3.8, 4) is 0 Å². The molecule has 12 heteroatoms. The fourth-order valence-corrected chi connectivity index (χ4v) is 13.5. The van der Waals surface area contributed by atoms with Crippen molar-refractivity contribution in [1.82, 2.24) is 0 Å². The fraction of sp³-hybridized carbons (Fsp3) is 0.913. The minimum atomic E-state index is -2.05. The Bertz CT molecular complexity index is 1520. The van der Waals surface area contributed by atoms with Gasteiger partial charge >= 0.3 is 0 Å². The Kier molecular flexibility index (Phi) is 11.8. The Balaban J connectivity index is 0.971. The minimum Gasteiger partial charge on any atom is -0.413 e. The van der Waals surface area contributed by atoms with Crippen molar-refractivity contribution in [2.45, 2.75) is 240 Å². The summed E-state index contributed by atoms with van der Waals surface area (Å²) in [5.74, 6) is -0.0896. The molecule has 10 aliphatic heterocycles. The van der Waals surface area contributed by atoms with Gasteiger partial charge in [0.05, 0.1) is 67.1 Å². The summed E-state index contributed by atoms with van der Waals surface area (Å²) in [6, 6.07) is 0. The van der Waals surface area contributed by atoms with E-state index in [-0.39, 0.29) is 108 Å². The predicted molar refractivity (Wildman–Crippen MR) is 222 cm³/mol. The van der Waals surface area contributed by atoms with Gasteiger partial charge in [-0.1, -0.05) is 47.8 Å². The van der Waals surface area contributed by atoms with Crippen molar-refractivity contribution in [3.05, 3.63) is 24.3 Å². The molecular weight excluding hydrogens is 755 g/mol. The second kappa shape index (κ2) is 16.1. The van der Waals surface area contributed by atoms with Gasteiger partial charge in [-0.2, -0.15) is 0 Å². The molecule has 10 fully saturated rings. The molecule has 3 N–H and O–H groups in total. The van der Waals surface area contributed by atoms with E-state index in [2.05, 4.69) is 60.9 Å². The maximum atomic E-state index is 12.0. The second-order valence-electron chi connectivity index (χ2n) is 21.6. The molecule has 1 spiro atoms. The summed E-state index contributed by atoms with van der Waals surface area (Å²) in [7, 11) is -2.05. The molecule has 11 nitrogen and oxygen atoms in total. The van der Waals surface area contributed by atoms with Crippen LogP contribution in [0.1, 0.15) is 118 Å². The van der Waals surface area contributed by atoms with Gasteiger partial charge in [-0.25, -0.2) is 0 Å². The fourth-order valence-electron chi connectivity index (χ4n) is 12.1. The van der Waals surface area contributed by atoms with Gasteiger partial charge in [0.2, 0.25) is 0 Å². The molecule has 0 aliphatic carbocycles. The summed E-state index contributed by atoms with van der Waals surface area (Å²) in [5.41, 5.74) is 8.75. The number of ether oxygens (including phenoxy) is 8. The summed E-state index contributed by atoms with van der Waals surface area (Å²) < 4.78 is 62.0. The highest BCUT2D eigenvalue weighted by Gasteiger charge is 2.68. The van der Waals surface area contributed by atoms with Crippen molar-refractivity contribution in [3.63, 3.8) is 0 Å². The van der Waals surface area contributed by atoms with E-state index in [0.717, 1.165) is 69.8 Å². The molecule has 20 atom stereocenters. The summed E-state index contributed by atoms with van der Waals surface area (Å²) in [5, 5.41) is 12.1. The van der Waals surface area contributed by atoms with E-state index in [0.29, 0.717) is 31.7 Å². The molecule has 0 radical (unpaired) electrons. The maximum Gasteiger partial charge on any atom is 0.192 e. The van der Waals surface area contributed by atoms with Crippen molar-refractivity contribution in [1.29, 1.82) is 0 Å². The molecule has 58 heavy (non-hydrogen) atoms. The molecule has 0 aromatic rings. The highest BCUT2D eigenvalue weighted by atomic mass is 28.4. The molecule has 10 aliphatic rings. The number of hydrogen-bond donors (Lipinski definition) is 2. The molecule has 12 bridgehead atoms. The zero-order valence-corrected chi connectivity index (χ0v) is 37.5. The lowest BCUT2D eigenvalue weighted by atomic mass is 9.78. The van der Waals surface area contributed by atoms with Gasteiger partial charge in [0.15, 0.2) is 14.1 Å². The van der Waals surface area contributed by atoms with E-state index >= 15 is 0 Å².